The maximum atomic E-state index is 13.3. The van der Waals surface area contributed by atoms with Crippen LogP contribution in [0.2, 0.25) is 10.0 Å². The smallest absolute Gasteiger partial charge is 0.255 e. The molecule has 38 heavy (non-hydrogen) atoms. The first-order valence-electron chi connectivity index (χ1n) is 11.9. The Hall–Kier alpha value is -3.11. The standard InChI is InChI=1S/C27H29Cl2N3O5S/c1-3-14-37-25-13-11-20(16-26(25)36-4-2)17-30-31-27(33)19-32(18-21-10-12-23(28)24(29)15-21)38(34,35)22-8-6-5-7-9-22/h5-13,15-17H,3-4,14,18-19H2,1-2H3,(H,31,33). The minimum atomic E-state index is -4.00. The van der Waals surface area contributed by atoms with Crippen molar-refractivity contribution in [3.05, 3.63) is 87.9 Å². The maximum Gasteiger partial charge on any atom is 0.255 e. The number of halogens is 2. The summed E-state index contributed by atoms with van der Waals surface area (Å²) in [6.45, 7) is 4.35. The fourth-order valence-electron chi connectivity index (χ4n) is 3.39. The van der Waals surface area contributed by atoms with Crippen LogP contribution in [0.25, 0.3) is 0 Å². The number of sulfonamides is 1. The molecule has 11 heteroatoms. The predicted molar refractivity (Wildman–Crippen MR) is 150 cm³/mol. The number of nitrogens with zero attached hydrogens (tertiary/aromatic N) is 2. The van der Waals surface area contributed by atoms with Crippen molar-refractivity contribution in [3.8, 4) is 11.5 Å². The fourth-order valence-corrected chi connectivity index (χ4v) is 5.11. The number of hydrogen-bond donors (Lipinski definition) is 1. The molecule has 0 saturated heterocycles. The second-order valence-electron chi connectivity index (χ2n) is 8.12. The highest BCUT2D eigenvalue weighted by atomic mass is 35.5. The van der Waals surface area contributed by atoms with Crippen molar-refractivity contribution in [1.82, 2.24) is 9.73 Å². The van der Waals surface area contributed by atoms with Crippen molar-refractivity contribution < 1.29 is 22.7 Å². The molecule has 0 aromatic heterocycles. The van der Waals surface area contributed by atoms with Crippen LogP contribution in [-0.4, -0.2) is 44.6 Å². The number of nitrogens with one attached hydrogen (secondary N) is 1. The average Bonchev–Trinajstić information content (AvgIpc) is 2.90. The molecule has 3 aromatic carbocycles. The SMILES string of the molecule is CCCOc1ccc(C=NNC(=O)CN(Cc2ccc(Cl)c(Cl)c2)S(=O)(=O)c2ccccc2)cc1OCC. The molecule has 0 unspecified atom stereocenters. The Balaban J connectivity index is 1.76. The molecular formula is C27H29Cl2N3O5S. The molecule has 0 radical (unpaired) electrons. The Labute approximate surface area is 233 Å². The molecule has 0 heterocycles. The lowest BCUT2D eigenvalue weighted by molar-refractivity contribution is -0.121. The first kappa shape index (κ1) is 29.4. The van der Waals surface area contributed by atoms with Crippen LogP contribution in [0.1, 0.15) is 31.4 Å². The lowest BCUT2D eigenvalue weighted by Gasteiger charge is -2.21. The monoisotopic (exact) mass is 577 g/mol. The topological polar surface area (TPSA) is 97.3 Å². The molecule has 1 N–H and O–H groups in total. The van der Waals surface area contributed by atoms with Gasteiger partial charge in [0.05, 0.1) is 40.9 Å². The molecule has 0 bridgehead atoms. The normalized spacial score (nSPS) is 11.6. The van der Waals surface area contributed by atoms with Gasteiger partial charge in [-0.1, -0.05) is 54.4 Å². The molecule has 0 aliphatic carbocycles. The minimum absolute atomic E-state index is 0.0604. The lowest BCUT2D eigenvalue weighted by atomic mass is 10.2. The molecule has 1 amide bonds. The van der Waals surface area contributed by atoms with Crippen LogP contribution < -0.4 is 14.9 Å². The molecule has 0 saturated carbocycles. The summed E-state index contributed by atoms with van der Waals surface area (Å²) in [5.41, 5.74) is 3.64. The van der Waals surface area contributed by atoms with Crippen LogP contribution in [-0.2, 0) is 21.4 Å². The first-order chi connectivity index (χ1) is 18.2. The van der Waals surface area contributed by atoms with Gasteiger partial charge in [0.2, 0.25) is 10.0 Å². The van der Waals surface area contributed by atoms with E-state index in [1.54, 1.807) is 54.6 Å². The molecule has 0 spiro atoms. The van der Waals surface area contributed by atoms with E-state index in [1.807, 2.05) is 13.8 Å². The van der Waals surface area contributed by atoms with Gasteiger partial charge in [-0.2, -0.15) is 9.41 Å². The zero-order chi connectivity index (χ0) is 27.5. The summed E-state index contributed by atoms with van der Waals surface area (Å²) >= 11 is 12.1. The van der Waals surface area contributed by atoms with E-state index in [2.05, 4.69) is 10.5 Å². The van der Waals surface area contributed by atoms with Crippen LogP contribution in [0.5, 0.6) is 11.5 Å². The van der Waals surface area contributed by atoms with Crippen molar-refractivity contribution in [2.75, 3.05) is 19.8 Å². The summed E-state index contributed by atoms with van der Waals surface area (Å²) in [7, 11) is -4.00. The molecule has 0 atom stereocenters. The third-order valence-electron chi connectivity index (χ3n) is 5.18. The van der Waals surface area contributed by atoms with Gasteiger partial charge in [0.25, 0.3) is 5.91 Å². The van der Waals surface area contributed by atoms with Crippen molar-refractivity contribution >= 4 is 45.3 Å². The number of amides is 1. The summed E-state index contributed by atoms with van der Waals surface area (Å²) in [5, 5.41) is 4.62. The molecular weight excluding hydrogens is 549 g/mol. The largest absolute Gasteiger partial charge is 0.490 e. The van der Waals surface area contributed by atoms with Gasteiger partial charge in [0, 0.05) is 6.54 Å². The van der Waals surface area contributed by atoms with E-state index in [0.29, 0.717) is 40.9 Å². The van der Waals surface area contributed by atoms with Crippen molar-refractivity contribution in [3.63, 3.8) is 0 Å². The molecule has 3 rings (SSSR count). The van der Waals surface area contributed by atoms with Gasteiger partial charge in [-0.05, 0) is 66.9 Å². The quantitative estimate of drug-likeness (QED) is 0.213. The van der Waals surface area contributed by atoms with Crippen molar-refractivity contribution in [2.45, 2.75) is 31.7 Å². The van der Waals surface area contributed by atoms with Crippen molar-refractivity contribution in [2.24, 2.45) is 5.10 Å². The number of hydrogen-bond acceptors (Lipinski definition) is 6. The lowest BCUT2D eigenvalue weighted by Crippen LogP contribution is -2.39. The minimum Gasteiger partial charge on any atom is -0.490 e. The van der Waals surface area contributed by atoms with Gasteiger partial charge >= 0.3 is 0 Å². The highest BCUT2D eigenvalue weighted by Crippen LogP contribution is 2.28. The van der Waals surface area contributed by atoms with Crippen LogP contribution in [0.4, 0.5) is 0 Å². The summed E-state index contributed by atoms with van der Waals surface area (Å²) < 4.78 is 39.1. The zero-order valence-electron chi connectivity index (χ0n) is 21.1. The molecule has 8 nitrogen and oxygen atoms in total. The number of hydrazone groups is 1. The summed E-state index contributed by atoms with van der Waals surface area (Å²) in [6, 6.07) is 18.0. The van der Waals surface area contributed by atoms with Crippen LogP contribution in [0.3, 0.4) is 0 Å². The van der Waals surface area contributed by atoms with E-state index in [0.717, 1.165) is 10.7 Å². The second kappa shape index (κ2) is 14.2. The second-order valence-corrected chi connectivity index (χ2v) is 10.9. The van der Waals surface area contributed by atoms with Crippen LogP contribution in [0.15, 0.2) is 76.7 Å². The van der Waals surface area contributed by atoms with E-state index in [9.17, 15) is 13.2 Å². The van der Waals surface area contributed by atoms with Gasteiger partial charge in [-0.25, -0.2) is 13.8 Å². The van der Waals surface area contributed by atoms with Gasteiger partial charge in [-0.15, -0.1) is 0 Å². The highest BCUT2D eigenvalue weighted by Gasteiger charge is 2.27. The predicted octanol–water partition coefficient (Wildman–Crippen LogP) is 5.52. The van der Waals surface area contributed by atoms with E-state index in [-0.39, 0.29) is 16.5 Å². The number of carbonyl (C=O) groups is 1. The van der Waals surface area contributed by atoms with Gasteiger partial charge < -0.3 is 9.47 Å². The fraction of sp³-hybridized carbons (Fsp3) is 0.259. The van der Waals surface area contributed by atoms with Gasteiger partial charge in [0.1, 0.15) is 0 Å². The third kappa shape index (κ3) is 8.19. The van der Waals surface area contributed by atoms with E-state index in [1.165, 1.54) is 18.3 Å². The molecule has 3 aromatic rings. The Kier molecular flexibility index (Phi) is 11.0. The van der Waals surface area contributed by atoms with E-state index >= 15 is 0 Å². The number of ether oxygens (including phenoxy) is 2. The number of rotatable bonds is 13. The first-order valence-corrected chi connectivity index (χ1v) is 14.1. The number of benzene rings is 3. The molecule has 0 aliphatic heterocycles. The summed E-state index contributed by atoms with van der Waals surface area (Å²) in [6.07, 6.45) is 2.31. The van der Waals surface area contributed by atoms with Gasteiger partial charge in [0.15, 0.2) is 11.5 Å². The van der Waals surface area contributed by atoms with Crippen LogP contribution >= 0.6 is 23.2 Å². The van der Waals surface area contributed by atoms with Crippen molar-refractivity contribution in [1.29, 1.82) is 0 Å². The average molecular weight is 579 g/mol. The molecule has 0 fully saturated rings. The molecule has 0 aliphatic rings. The Morgan fingerprint density at radius 1 is 0.974 bits per heavy atom. The van der Waals surface area contributed by atoms with Gasteiger partial charge in [-0.3, -0.25) is 4.79 Å². The zero-order valence-corrected chi connectivity index (χ0v) is 23.4. The summed E-state index contributed by atoms with van der Waals surface area (Å²) in [4.78, 5) is 12.8. The molecule has 202 valence electrons. The third-order valence-corrected chi connectivity index (χ3v) is 7.72. The highest BCUT2D eigenvalue weighted by molar-refractivity contribution is 7.89. The van der Waals surface area contributed by atoms with Crippen LogP contribution in [0, 0.1) is 0 Å². The van der Waals surface area contributed by atoms with E-state index in [4.69, 9.17) is 32.7 Å². The Morgan fingerprint density at radius 2 is 1.74 bits per heavy atom. The Morgan fingerprint density at radius 3 is 2.42 bits per heavy atom. The summed E-state index contributed by atoms with van der Waals surface area (Å²) in [5.74, 6) is 0.575. The Bertz CT molecular complexity index is 1370. The number of carbonyl (C=O) groups excluding carboxylic acids is 1. The maximum absolute atomic E-state index is 13.3. The van der Waals surface area contributed by atoms with E-state index < -0.39 is 22.5 Å².